The molecule has 0 aliphatic carbocycles. The average molecular weight is 381 g/mol. The number of piperazine rings is 1. The lowest BCUT2D eigenvalue weighted by molar-refractivity contribution is -0.134. The molecule has 2 amide bonds. The fourth-order valence-corrected chi connectivity index (χ4v) is 3.94. The van der Waals surface area contributed by atoms with Gasteiger partial charge in [0.2, 0.25) is 0 Å². The van der Waals surface area contributed by atoms with E-state index in [0.29, 0.717) is 36.9 Å². The van der Waals surface area contributed by atoms with Gasteiger partial charge in [0, 0.05) is 26.2 Å². The van der Waals surface area contributed by atoms with E-state index in [-0.39, 0.29) is 18.4 Å². The fraction of sp³-hybridized carbons (Fsp3) is 0.250. The lowest BCUT2D eigenvalue weighted by atomic mass is 10.3. The number of thiazole rings is 1. The van der Waals surface area contributed by atoms with Gasteiger partial charge in [0.25, 0.3) is 11.8 Å². The van der Waals surface area contributed by atoms with Crippen LogP contribution in [-0.2, 0) is 4.79 Å². The van der Waals surface area contributed by atoms with E-state index in [1.165, 1.54) is 11.3 Å². The number of benzene rings is 2. The van der Waals surface area contributed by atoms with Gasteiger partial charge in [0.1, 0.15) is 5.75 Å². The molecule has 1 fully saturated rings. The molecule has 3 aromatic rings. The zero-order valence-electron chi connectivity index (χ0n) is 14.7. The van der Waals surface area contributed by atoms with Crippen molar-refractivity contribution in [2.75, 3.05) is 32.8 Å². The predicted molar refractivity (Wildman–Crippen MR) is 104 cm³/mol. The lowest BCUT2D eigenvalue weighted by Crippen LogP contribution is -2.51. The second-order valence-electron chi connectivity index (χ2n) is 6.26. The summed E-state index contributed by atoms with van der Waals surface area (Å²) in [5.74, 6) is 0.547. The number of amides is 2. The van der Waals surface area contributed by atoms with E-state index >= 15 is 0 Å². The summed E-state index contributed by atoms with van der Waals surface area (Å²) < 4.78 is 6.53. The highest BCUT2D eigenvalue weighted by Gasteiger charge is 2.26. The molecule has 6 nitrogen and oxygen atoms in total. The molecular weight excluding hydrogens is 362 g/mol. The summed E-state index contributed by atoms with van der Waals surface area (Å²) in [4.78, 5) is 33.0. The molecule has 27 heavy (non-hydrogen) atoms. The van der Waals surface area contributed by atoms with Crippen LogP contribution in [-0.4, -0.2) is 59.4 Å². The Hall–Kier alpha value is -2.93. The van der Waals surface area contributed by atoms with Crippen LogP contribution in [0.2, 0.25) is 0 Å². The van der Waals surface area contributed by atoms with Crippen LogP contribution >= 0.6 is 11.3 Å². The van der Waals surface area contributed by atoms with Crippen molar-refractivity contribution in [3.8, 4) is 5.75 Å². The third kappa shape index (κ3) is 3.93. The monoisotopic (exact) mass is 381 g/mol. The molecular formula is C20H19N3O3S. The molecule has 1 aliphatic rings. The normalized spacial score (nSPS) is 14.4. The third-order valence-corrected chi connectivity index (χ3v) is 5.53. The lowest BCUT2D eigenvalue weighted by Gasteiger charge is -2.34. The summed E-state index contributed by atoms with van der Waals surface area (Å²) >= 11 is 1.41. The van der Waals surface area contributed by atoms with Gasteiger partial charge in [-0.05, 0) is 24.3 Å². The van der Waals surface area contributed by atoms with E-state index in [2.05, 4.69) is 4.98 Å². The number of fused-ring (bicyclic) bond motifs is 1. The van der Waals surface area contributed by atoms with Crippen LogP contribution in [0.4, 0.5) is 0 Å². The van der Waals surface area contributed by atoms with Crippen molar-refractivity contribution in [2.24, 2.45) is 0 Å². The molecule has 0 atom stereocenters. The second kappa shape index (κ2) is 7.75. The molecule has 1 saturated heterocycles. The number of nitrogens with zero attached hydrogens (tertiary/aromatic N) is 3. The summed E-state index contributed by atoms with van der Waals surface area (Å²) in [6, 6.07) is 17.0. The van der Waals surface area contributed by atoms with Crippen LogP contribution in [0.25, 0.3) is 10.2 Å². The van der Waals surface area contributed by atoms with Crippen molar-refractivity contribution >= 4 is 33.4 Å². The average Bonchev–Trinajstić information content (AvgIpc) is 3.16. The van der Waals surface area contributed by atoms with Gasteiger partial charge < -0.3 is 14.5 Å². The minimum Gasteiger partial charge on any atom is -0.484 e. The molecule has 0 radical (unpaired) electrons. The minimum atomic E-state index is -0.0659. The van der Waals surface area contributed by atoms with Crippen molar-refractivity contribution in [1.82, 2.24) is 14.8 Å². The van der Waals surface area contributed by atoms with Gasteiger partial charge >= 0.3 is 0 Å². The quantitative estimate of drug-likeness (QED) is 0.697. The highest BCUT2D eigenvalue weighted by Crippen LogP contribution is 2.23. The van der Waals surface area contributed by atoms with Gasteiger partial charge in [-0.3, -0.25) is 9.59 Å². The van der Waals surface area contributed by atoms with Crippen molar-refractivity contribution < 1.29 is 14.3 Å². The van der Waals surface area contributed by atoms with Crippen molar-refractivity contribution in [3.05, 3.63) is 59.6 Å². The zero-order chi connectivity index (χ0) is 18.6. The number of aromatic nitrogens is 1. The molecule has 0 N–H and O–H groups in total. The summed E-state index contributed by atoms with van der Waals surface area (Å²) in [7, 11) is 0. The maximum absolute atomic E-state index is 12.7. The van der Waals surface area contributed by atoms with Crippen LogP contribution in [0.3, 0.4) is 0 Å². The van der Waals surface area contributed by atoms with E-state index in [0.717, 1.165) is 10.2 Å². The van der Waals surface area contributed by atoms with Crippen LogP contribution in [0.1, 0.15) is 9.80 Å². The number of para-hydroxylation sites is 2. The van der Waals surface area contributed by atoms with Gasteiger partial charge in [0.05, 0.1) is 10.2 Å². The maximum Gasteiger partial charge on any atom is 0.282 e. The highest BCUT2D eigenvalue weighted by molar-refractivity contribution is 7.20. The number of hydrogen-bond donors (Lipinski definition) is 0. The summed E-state index contributed by atoms with van der Waals surface area (Å²) in [6.45, 7) is 2.04. The first-order valence-corrected chi connectivity index (χ1v) is 9.63. The van der Waals surface area contributed by atoms with E-state index in [4.69, 9.17) is 4.74 Å². The van der Waals surface area contributed by atoms with Crippen LogP contribution in [0.5, 0.6) is 5.75 Å². The number of carbonyl (C=O) groups excluding carboxylic acids is 2. The van der Waals surface area contributed by atoms with Gasteiger partial charge in [-0.25, -0.2) is 4.98 Å². The molecule has 138 valence electrons. The topological polar surface area (TPSA) is 62.7 Å². The van der Waals surface area contributed by atoms with Crippen LogP contribution < -0.4 is 4.74 Å². The SMILES string of the molecule is O=C(COc1ccccc1)N1CCN(C(=O)c2nc3ccccc3s2)CC1. The molecule has 0 spiro atoms. The minimum absolute atomic E-state index is 0.00975. The first kappa shape index (κ1) is 17.5. The highest BCUT2D eigenvalue weighted by atomic mass is 32.1. The Morgan fingerprint density at radius 2 is 1.59 bits per heavy atom. The number of ether oxygens (including phenoxy) is 1. The molecule has 7 heteroatoms. The summed E-state index contributed by atoms with van der Waals surface area (Å²) in [5, 5.41) is 0.503. The van der Waals surface area contributed by atoms with Crippen molar-refractivity contribution in [1.29, 1.82) is 0 Å². The zero-order valence-corrected chi connectivity index (χ0v) is 15.5. The third-order valence-electron chi connectivity index (χ3n) is 4.50. The Kier molecular flexibility index (Phi) is 5.02. The Balaban J connectivity index is 1.31. The molecule has 2 heterocycles. The van der Waals surface area contributed by atoms with Crippen molar-refractivity contribution in [3.63, 3.8) is 0 Å². The van der Waals surface area contributed by atoms with E-state index in [9.17, 15) is 9.59 Å². The maximum atomic E-state index is 12.7. The molecule has 2 aromatic carbocycles. The molecule has 0 bridgehead atoms. The van der Waals surface area contributed by atoms with E-state index < -0.39 is 0 Å². The molecule has 1 aromatic heterocycles. The number of carbonyl (C=O) groups is 2. The van der Waals surface area contributed by atoms with Crippen LogP contribution in [0, 0.1) is 0 Å². The first-order chi connectivity index (χ1) is 13.2. The molecule has 1 aliphatic heterocycles. The van der Waals surface area contributed by atoms with Gasteiger partial charge in [-0.15, -0.1) is 11.3 Å². The Labute approximate surface area is 161 Å². The largest absolute Gasteiger partial charge is 0.484 e. The van der Waals surface area contributed by atoms with Crippen molar-refractivity contribution in [2.45, 2.75) is 0 Å². The Morgan fingerprint density at radius 3 is 2.33 bits per heavy atom. The van der Waals surface area contributed by atoms with Gasteiger partial charge in [-0.1, -0.05) is 30.3 Å². The number of hydrogen-bond acceptors (Lipinski definition) is 5. The molecule has 0 unspecified atom stereocenters. The molecule has 0 saturated carbocycles. The first-order valence-electron chi connectivity index (χ1n) is 8.81. The Bertz CT molecular complexity index is 916. The molecule has 4 rings (SSSR count). The standard InChI is InChI=1S/C20H19N3O3S/c24-18(14-26-15-6-2-1-3-7-15)22-10-12-23(13-11-22)20(25)19-21-16-8-4-5-9-17(16)27-19/h1-9H,10-14H2. The van der Waals surface area contributed by atoms with Gasteiger partial charge in [-0.2, -0.15) is 0 Å². The second-order valence-corrected chi connectivity index (χ2v) is 7.29. The summed E-state index contributed by atoms with van der Waals surface area (Å²) in [6.07, 6.45) is 0. The Morgan fingerprint density at radius 1 is 0.926 bits per heavy atom. The van der Waals surface area contributed by atoms with E-state index in [1.54, 1.807) is 9.80 Å². The van der Waals surface area contributed by atoms with Gasteiger partial charge in [0.15, 0.2) is 11.6 Å². The van der Waals surface area contributed by atoms with Crippen LogP contribution in [0.15, 0.2) is 54.6 Å². The van der Waals surface area contributed by atoms with E-state index in [1.807, 2.05) is 54.6 Å². The summed E-state index contributed by atoms with van der Waals surface area (Å²) in [5.41, 5.74) is 0.845. The predicted octanol–water partition coefficient (Wildman–Crippen LogP) is 2.66. The fourth-order valence-electron chi connectivity index (χ4n) is 3.01. The smallest absolute Gasteiger partial charge is 0.282 e. The number of rotatable bonds is 4.